The Kier molecular flexibility index (Phi) is 3.57. The summed E-state index contributed by atoms with van der Waals surface area (Å²) >= 11 is 0.986. The van der Waals surface area contributed by atoms with Gasteiger partial charge in [-0.1, -0.05) is 11.8 Å². The maximum Gasteiger partial charge on any atom is 0.313 e. The van der Waals surface area contributed by atoms with Crippen LogP contribution in [0.1, 0.15) is 12.8 Å². The molecular formula is C8H11N5O3S. The Morgan fingerprint density at radius 1 is 1.53 bits per heavy atom. The number of carbonyl (C=O) groups excluding carboxylic acids is 1. The number of carbonyl (C=O) groups is 2. The zero-order valence-corrected chi connectivity index (χ0v) is 9.68. The number of nitrogens with one attached hydrogen (secondary N) is 1. The lowest BCUT2D eigenvalue weighted by Crippen LogP contribution is -2.30. The van der Waals surface area contributed by atoms with Crippen LogP contribution in [-0.2, 0) is 16.1 Å². The Morgan fingerprint density at radius 2 is 2.29 bits per heavy atom. The van der Waals surface area contributed by atoms with Crippen molar-refractivity contribution in [1.82, 2.24) is 25.5 Å². The highest BCUT2D eigenvalue weighted by Crippen LogP contribution is 2.18. The lowest BCUT2D eigenvalue weighted by Gasteiger charge is -2.04. The fraction of sp³-hybridized carbons (Fsp3) is 0.625. The molecule has 0 bridgehead atoms. The van der Waals surface area contributed by atoms with E-state index in [1.165, 1.54) is 4.68 Å². The number of carboxylic acid groups (broad SMARTS) is 1. The van der Waals surface area contributed by atoms with Gasteiger partial charge in [0.2, 0.25) is 11.1 Å². The van der Waals surface area contributed by atoms with Gasteiger partial charge in [0.25, 0.3) is 0 Å². The SMILES string of the molecule is O=C(O)CSc1nnnn1CC(=O)NC1CC1. The molecule has 92 valence electrons. The molecule has 1 heterocycles. The molecule has 0 aliphatic heterocycles. The second-order valence-corrected chi connectivity index (χ2v) is 4.59. The summed E-state index contributed by atoms with van der Waals surface area (Å²) in [7, 11) is 0. The monoisotopic (exact) mass is 257 g/mol. The van der Waals surface area contributed by atoms with Gasteiger partial charge in [0.05, 0.1) is 5.75 Å². The fourth-order valence-electron chi connectivity index (χ4n) is 1.16. The molecule has 0 saturated heterocycles. The number of aromatic nitrogens is 4. The van der Waals surface area contributed by atoms with E-state index in [9.17, 15) is 9.59 Å². The number of carboxylic acids is 1. The van der Waals surface area contributed by atoms with Crippen LogP contribution < -0.4 is 5.32 Å². The molecule has 2 rings (SSSR count). The predicted octanol–water partition coefficient (Wildman–Crippen LogP) is -0.872. The van der Waals surface area contributed by atoms with Crippen LogP contribution in [-0.4, -0.2) is 49.0 Å². The van der Waals surface area contributed by atoms with E-state index in [1.807, 2.05) is 0 Å². The molecule has 1 amide bonds. The van der Waals surface area contributed by atoms with Gasteiger partial charge in [-0.05, 0) is 23.3 Å². The quantitative estimate of drug-likeness (QED) is 0.637. The van der Waals surface area contributed by atoms with Crippen molar-refractivity contribution in [3.8, 4) is 0 Å². The maximum absolute atomic E-state index is 11.5. The van der Waals surface area contributed by atoms with Gasteiger partial charge in [-0.15, -0.1) is 5.10 Å². The van der Waals surface area contributed by atoms with Crippen LogP contribution in [0.4, 0.5) is 0 Å². The Balaban J connectivity index is 1.88. The lowest BCUT2D eigenvalue weighted by molar-refractivity contribution is -0.133. The molecule has 1 aliphatic rings. The minimum atomic E-state index is -0.952. The molecule has 0 aromatic carbocycles. The molecular weight excluding hydrogens is 246 g/mol. The number of nitrogens with zero attached hydrogens (tertiary/aromatic N) is 4. The van der Waals surface area contributed by atoms with Gasteiger partial charge < -0.3 is 10.4 Å². The van der Waals surface area contributed by atoms with Crippen molar-refractivity contribution in [2.24, 2.45) is 0 Å². The molecule has 2 N–H and O–H groups in total. The second kappa shape index (κ2) is 5.13. The van der Waals surface area contributed by atoms with Crippen molar-refractivity contribution in [3.05, 3.63) is 0 Å². The zero-order valence-electron chi connectivity index (χ0n) is 8.87. The summed E-state index contributed by atoms with van der Waals surface area (Å²) in [6.45, 7) is 0.0193. The smallest absolute Gasteiger partial charge is 0.313 e. The highest BCUT2D eigenvalue weighted by atomic mass is 32.2. The van der Waals surface area contributed by atoms with Gasteiger partial charge in [-0.25, -0.2) is 4.68 Å². The molecule has 1 saturated carbocycles. The van der Waals surface area contributed by atoms with Crippen molar-refractivity contribution in [3.63, 3.8) is 0 Å². The molecule has 0 unspecified atom stereocenters. The van der Waals surface area contributed by atoms with Crippen molar-refractivity contribution in [2.45, 2.75) is 30.6 Å². The standard InChI is InChI=1S/C8H11N5O3S/c14-6(9-5-1-2-5)3-13-8(10-11-12-13)17-4-7(15)16/h5H,1-4H2,(H,9,14)(H,15,16). The van der Waals surface area contributed by atoms with Crippen LogP contribution in [0.3, 0.4) is 0 Å². The number of hydrogen-bond acceptors (Lipinski definition) is 6. The second-order valence-electron chi connectivity index (χ2n) is 3.64. The summed E-state index contributed by atoms with van der Waals surface area (Å²) in [5, 5.41) is 22.4. The van der Waals surface area contributed by atoms with Crippen LogP contribution >= 0.6 is 11.8 Å². The summed E-state index contributed by atoms with van der Waals surface area (Å²) in [5.74, 6) is -1.24. The first-order valence-corrected chi connectivity index (χ1v) is 6.04. The van der Waals surface area contributed by atoms with Crippen molar-refractivity contribution in [2.75, 3.05) is 5.75 Å². The number of hydrogen-bond donors (Lipinski definition) is 2. The number of aliphatic carboxylic acids is 1. The number of rotatable bonds is 6. The first kappa shape index (κ1) is 11.8. The van der Waals surface area contributed by atoms with Gasteiger partial charge in [-0.3, -0.25) is 9.59 Å². The average molecular weight is 257 g/mol. The van der Waals surface area contributed by atoms with Gasteiger partial charge in [-0.2, -0.15) is 0 Å². The van der Waals surface area contributed by atoms with Crippen LogP contribution in [0.25, 0.3) is 0 Å². The van der Waals surface area contributed by atoms with E-state index in [4.69, 9.17) is 5.11 Å². The normalized spacial score (nSPS) is 14.6. The van der Waals surface area contributed by atoms with Gasteiger partial charge in [0, 0.05) is 6.04 Å². The van der Waals surface area contributed by atoms with Gasteiger partial charge >= 0.3 is 5.97 Å². The van der Waals surface area contributed by atoms with Crippen LogP contribution in [0.2, 0.25) is 0 Å². The molecule has 1 aromatic rings. The number of amides is 1. The molecule has 17 heavy (non-hydrogen) atoms. The molecule has 1 aromatic heterocycles. The minimum absolute atomic E-state index is 0.0193. The van der Waals surface area contributed by atoms with E-state index in [-0.39, 0.29) is 24.2 Å². The first-order valence-electron chi connectivity index (χ1n) is 5.05. The van der Waals surface area contributed by atoms with Gasteiger partial charge in [0.15, 0.2) is 0 Å². The number of tetrazole rings is 1. The predicted molar refractivity (Wildman–Crippen MR) is 57.3 cm³/mol. The van der Waals surface area contributed by atoms with Crippen LogP contribution in [0, 0.1) is 0 Å². The van der Waals surface area contributed by atoms with E-state index < -0.39 is 5.97 Å². The van der Waals surface area contributed by atoms with Gasteiger partial charge in [0.1, 0.15) is 6.54 Å². The topological polar surface area (TPSA) is 110 Å². The van der Waals surface area contributed by atoms with Crippen molar-refractivity contribution < 1.29 is 14.7 Å². The Hall–Kier alpha value is -1.64. The van der Waals surface area contributed by atoms with Crippen molar-refractivity contribution >= 4 is 23.6 Å². The minimum Gasteiger partial charge on any atom is -0.481 e. The molecule has 8 nitrogen and oxygen atoms in total. The summed E-state index contributed by atoms with van der Waals surface area (Å²) in [5.41, 5.74) is 0. The Morgan fingerprint density at radius 3 is 2.94 bits per heavy atom. The van der Waals surface area contributed by atoms with E-state index in [1.54, 1.807) is 0 Å². The third-order valence-electron chi connectivity index (χ3n) is 2.06. The Labute approximate surface area is 101 Å². The molecule has 1 aliphatic carbocycles. The Bertz CT molecular complexity index is 431. The highest BCUT2D eigenvalue weighted by molar-refractivity contribution is 7.99. The van der Waals surface area contributed by atoms with E-state index in [2.05, 4.69) is 20.8 Å². The van der Waals surface area contributed by atoms with Crippen LogP contribution in [0.5, 0.6) is 0 Å². The third-order valence-corrected chi connectivity index (χ3v) is 3.00. The molecule has 0 radical (unpaired) electrons. The van der Waals surface area contributed by atoms with Crippen molar-refractivity contribution in [1.29, 1.82) is 0 Å². The van der Waals surface area contributed by atoms with E-state index in [0.717, 1.165) is 24.6 Å². The molecule has 0 atom stereocenters. The maximum atomic E-state index is 11.5. The van der Waals surface area contributed by atoms with E-state index >= 15 is 0 Å². The lowest BCUT2D eigenvalue weighted by atomic mass is 10.5. The zero-order chi connectivity index (χ0) is 12.3. The third kappa shape index (κ3) is 3.70. The van der Waals surface area contributed by atoms with Crippen LogP contribution in [0.15, 0.2) is 5.16 Å². The molecule has 1 fully saturated rings. The van der Waals surface area contributed by atoms with E-state index in [0.29, 0.717) is 5.16 Å². The average Bonchev–Trinajstić information content (AvgIpc) is 2.94. The number of thioether (sulfide) groups is 1. The first-order chi connectivity index (χ1) is 8.15. The summed E-state index contributed by atoms with van der Waals surface area (Å²) in [6.07, 6.45) is 2.03. The fourth-order valence-corrected chi connectivity index (χ4v) is 1.76. The summed E-state index contributed by atoms with van der Waals surface area (Å²) in [4.78, 5) is 21.9. The molecule has 9 heteroatoms. The highest BCUT2D eigenvalue weighted by Gasteiger charge is 2.23. The summed E-state index contributed by atoms with van der Waals surface area (Å²) in [6, 6.07) is 0.286. The summed E-state index contributed by atoms with van der Waals surface area (Å²) < 4.78 is 1.30. The largest absolute Gasteiger partial charge is 0.481 e. The molecule has 0 spiro atoms.